The summed E-state index contributed by atoms with van der Waals surface area (Å²) >= 11 is 7.52. The first-order chi connectivity index (χ1) is 10.0. The van der Waals surface area contributed by atoms with Crippen molar-refractivity contribution in [1.82, 2.24) is 9.97 Å². The average Bonchev–Trinajstić information content (AvgIpc) is 2.50. The minimum absolute atomic E-state index is 0.223. The van der Waals surface area contributed by atoms with Crippen LogP contribution in [0.3, 0.4) is 0 Å². The van der Waals surface area contributed by atoms with Crippen LogP contribution in [0.2, 0.25) is 5.02 Å². The second kappa shape index (κ2) is 6.91. The Kier molecular flexibility index (Phi) is 5.20. The van der Waals surface area contributed by atoms with E-state index in [0.29, 0.717) is 27.9 Å². The topological polar surface area (TPSA) is 54.9 Å². The molecule has 2 aromatic rings. The van der Waals surface area contributed by atoms with Crippen LogP contribution in [-0.2, 0) is 6.42 Å². The van der Waals surface area contributed by atoms with E-state index in [0.717, 1.165) is 11.3 Å². The number of nitrogens with one attached hydrogen (secondary N) is 1. The summed E-state index contributed by atoms with van der Waals surface area (Å²) < 4.78 is 0. The zero-order chi connectivity index (χ0) is 15.4. The van der Waals surface area contributed by atoms with Crippen molar-refractivity contribution in [2.75, 3.05) is 11.6 Å². The zero-order valence-electron chi connectivity index (χ0n) is 12.1. The molecule has 0 spiro atoms. The van der Waals surface area contributed by atoms with Crippen LogP contribution in [0, 0.1) is 6.92 Å². The van der Waals surface area contributed by atoms with Crippen LogP contribution in [0.1, 0.15) is 28.5 Å². The normalized spacial score (nSPS) is 10.5. The molecule has 1 N–H and O–H groups in total. The number of benzene rings is 1. The average molecular weight is 322 g/mol. The number of carbonyl (C=O) groups is 1. The van der Waals surface area contributed by atoms with Gasteiger partial charge in [-0.1, -0.05) is 36.4 Å². The molecule has 0 saturated heterocycles. The quantitative estimate of drug-likeness (QED) is 0.683. The lowest BCUT2D eigenvalue weighted by Gasteiger charge is -2.10. The van der Waals surface area contributed by atoms with E-state index in [-0.39, 0.29) is 5.91 Å². The van der Waals surface area contributed by atoms with Crippen LogP contribution in [0.25, 0.3) is 0 Å². The highest BCUT2D eigenvalue weighted by molar-refractivity contribution is 7.98. The molecule has 0 radical (unpaired) electrons. The number of halogens is 1. The Labute approximate surface area is 133 Å². The molecule has 1 heterocycles. The maximum Gasteiger partial charge on any atom is 0.259 e. The van der Waals surface area contributed by atoms with Gasteiger partial charge >= 0.3 is 0 Å². The van der Waals surface area contributed by atoms with Crippen molar-refractivity contribution in [2.45, 2.75) is 25.4 Å². The van der Waals surface area contributed by atoms with Gasteiger partial charge in [0.25, 0.3) is 5.91 Å². The number of carbonyl (C=O) groups excluding carboxylic acids is 1. The van der Waals surface area contributed by atoms with E-state index in [2.05, 4.69) is 15.3 Å². The second-order valence-corrected chi connectivity index (χ2v) is 5.67. The zero-order valence-corrected chi connectivity index (χ0v) is 13.7. The summed E-state index contributed by atoms with van der Waals surface area (Å²) in [6.45, 7) is 3.88. The molecule has 4 nitrogen and oxygen atoms in total. The first-order valence-electron chi connectivity index (χ1n) is 6.52. The van der Waals surface area contributed by atoms with Gasteiger partial charge in [-0.3, -0.25) is 4.79 Å². The van der Waals surface area contributed by atoms with Crippen LogP contribution in [0.5, 0.6) is 0 Å². The predicted molar refractivity (Wildman–Crippen MR) is 87.3 cm³/mol. The molecule has 0 aliphatic rings. The summed E-state index contributed by atoms with van der Waals surface area (Å²) in [4.78, 5) is 20.9. The maximum absolute atomic E-state index is 12.3. The van der Waals surface area contributed by atoms with E-state index >= 15 is 0 Å². The van der Waals surface area contributed by atoms with E-state index in [1.54, 1.807) is 12.3 Å². The SMILES string of the molecule is CCc1nc(SC)ncc1C(=O)Nc1ccc(C)c(Cl)c1. The van der Waals surface area contributed by atoms with E-state index in [1.165, 1.54) is 11.8 Å². The number of thioether (sulfide) groups is 1. The highest BCUT2D eigenvalue weighted by Crippen LogP contribution is 2.21. The van der Waals surface area contributed by atoms with Crippen molar-refractivity contribution >= 4 is 35.0 Å². The number of amides is 1. The Morgan fingerprint density at radius 3 is 2.81 bits per heavy atom. The van der Waals surface area contributed by atoms with Crippen molar-refractivity contribution in [2.24, 2.45) is 0 Å². The van der Waals surface area contributed by atoms with E-state index < -0.39 is 0 Å². The Morgan fingerprint density at radius 2 is 2.19 bits per heavy atom. The molecule has 0 atom stereocenters. The molecule has 1 aromatic carbocycles. The van der Waals surface area contributed by atoms with Crippen molar-refractivity contribution in [3.63, 3.8) is 0 Å². The minimum atomic E-state index is -0.223. The fourth-order valence-electron chi connectivity index (χ4n) is 1.83. The highest BCUT2D eigenvalue weighted by atomic mass is 35.5. The van der Waals surface area contributed by atoms with Gasteiger partial charge in [0.15, 0.2) is 5.16 Å². The minimum Gasteiger partial charge on any atom is -0.322 e. The number of nitrogens with zero attached hydrogens (tertiary/aromatic N) is 2. The van der Waals surface area contributed by atoms with Gasteiger partial charge < -0.3 is 5.32 Å². The van der Waals surface area contributed by atoms with E-state index in [4.69, 9.17) is 11.6 Å². The summed E-state index contributed by atoms with van der Waals surface area (Å²) in [5.41, 5.74) is 2.86. The number of hydrogen-bond donors (Lipinski definition) is 1. The summed E-state index contributed by atoms with van der Waals surface area (Å²) in [6, 6.07) is 5.42. The lowest BCUT2D eigenvalue weighted by molar-refractivity contribution is 0.102. The van der Waals surface area contributed by atoms with Gasteiger partial charge in [-0.15, -0.1) is 0 Å². The summed E-state index contributed by atoms with van der Waals surface area (Å²) in [7, 11) is 0. The van der Waals surface area contributed by atoms with Gasteiger partial charge in [0, 0.05) is 16.9 Å². The molecule has 0 saturated carbocycles. The number of rotatable bonds is 4. The lowest BCUT2D eigenvalue weighted by atomic mass is 10.1. The molecule has 0 aliphatic heterocycles. The summed E-state index contributed by atoms with van der Waals surface area (Å²) in [5.74, 6) is -0.223. The molecule has 0 aliphatic carbocycles. The smallest absolute Gasteiger partial charge is 0.259 e. The fraction of sp³-hybridized carbons (Fsp3) is 0.267. The molecule has 1 amide bonds. The monoisotopic (exact) mass is 321 g/mol. The van der Waals surface area contributed by atoms with Gasteiger partial charge in [0.05, 0.1) is 11.3 Å². The Morgan fingerprint density at radius 1 is 1.43 bits per heavy atom. The number of hydrogen-bond acceptors (Lipinski definition) is 4. The van der Waals surface area contributed by atoms with Crippen molar-refractivity contribution in [3.05, 3.63) is 46.2 Å². The Hall–Kier alpha value is -1.59. The van der Waals surface area contributed by atoms with Crippen LogP contribution < -0.4 is 5.32 Å². The van der Waals surface area contributed by atoms with E-state index in [1.807, 2.05) is 32.2 Å². The molecule has 1 aromatic heterocycles. The fourth-order valence-corrected chi connectivity index (χ4v) is 2.37. The second-order valence-electron chi connectivity index (χ2n) is 4.49. The number of aromatic nitrogens is 2. The molecule has 0 fully saturated rings. The summed E-state index contributed by atoms with van der Waals surface area (Å²) in [5, 5.41) is 4.12. The Balaban J connectivity index is 2.25. The Bertz CT molecular complexity index is 676. The first-order valence-corrected chi connectivity index (χ1v) is 8.12. The van der Waals surface area contributed by atoms with Gasteiger partial charge in [0.1, 0.15) is 0 Å². The molecular weight excluding hydrogens is 306 g/mol. The molecule has 0 unspecified atom stereocenters. The highest BCUT2D eigenvalue weighted by Gasteiger charge is 2.14. The molecule has 110 valence electrons. The first kappa shape index (κ1) is 15.8. The number of anilines is 1. The largest absolute Gasteiger partial charge is 0.322 e. The molecule has 0 bridgehead atoms. The molecule has 21 heavy (non-hydrogen) atoms. The van der Waals surface area contributed by atoms with Crippen LogP contribution in [0.15, 0.2) is 29.6 Å². The third-order valence-electron chi connectivity index (χ3n) is 3.04. The van der Waals surface area contributed by atoms with Crippen molar-refractivity contribution in [3.8, 4) is 0 Å². The van der Waals surface area contributed by atoms with Gasteiger partial charge in [-0.05, 0) is 37.3 Å². The molecule has 6 heteroatoms. The standard InChI is InChI=1S/C15H16ClN3OS/c1-4-13-11(8-17-15(19-13)21-3)14(20)18-10-6-5-9(2)12(16)7-10/h5-8H,4H2,1-3H3,(H,18,20). The van der Waals surface area contributed by atoms with Gasteiger partial charge in [0.2, 0.25) is 0 Å². The molecular formula is C15H16ClN3OS. The van der Waals surface area contributed by atoms with Crippen LogP contribution in [0.4, 0.5) is 5.69 Å². The van der Waals surface area contributed by atoms with Crippen molar-refractivity contribution in [1.29, 1.82) is 0 Å². The molecule has 2 rings (SSSR count). The lowest BCUT2D eigenvalue weighted by Crippen LogP contribution is -2.16. The number of aryl methyl sites for hydroxylation is 2. The van der Waals surface area contributed by atoms with Crippen molar-refractivity contribution < 1.29 is 4.79 Å². The summed E-state index contributed by atoms with van der Waals surface area (Å²) in [6.07, 6.45) is 4.15. The van der Waals surface area contributed by atoms with Gasteiger partial charge in [-0.2, -0.15) is 0 Å². The van der Waals surface area contributed by atoms with E-state index in [9.17, 15) is 4.79 Å². The van der Waals surface area contributed by atoms with Crippen LogP contribution in [-0.4, -0.2) is 22.1 Å². The third-order valence-corrected chi connectivity index (χ3v) is 4.01. The third kappa shape index (κ3) is 3.74. The predicted octanol–water partition coefficient (Wildman–Crippen LogP) is 3.98. The van der Waals surface area contributed by atoms with Gasteiger partial charge in [-0.25, -0.2) is 9.97 Å². The van der Waals surface area contributed by atoms with Crippen LogP contribution >= 0.6 is 23.4 Å². The maximum atomic E-state index is 12.3.